The van der Waals surface area contributed by atoms with Crippen LogP contribution in [0.2, 0.25) is 0 Å². The number of carboxylic acids is 1. The lowest BCUT2D eigenvalue weighted by Gasteiger charge is -2.30. The number of carbonyl (C=O) groups excluding carboxylic acids is 1. The number of methoxy groups -OCH3 is 1. The zero-order chi connectivity index (χ0) is 12.7. The van der Waals surface area contributed by atoms with Gasteiger partial charge >= 0.3 is 5.97 Å². The second-order valence-electron chi connectivity index (χ2n) is 4.06. The monoisotopic (exact) mass is 245 g/mol. The second-order valence-corrected chi connectivity index (χ2v) is 4.06. The summed E-state index contributed by atoms with van der Waals surface area (Å²) in [6.07, 6.45) is 1.38. The molecule has 17 heavy (non-hydrogen) atoms. The van der Waals surface area contributed by atoms with E-state index in [1.165, 1.54) is 0 Å². The summed E-state index contributed by atoms with van der Waals surface area (Å²) in [6.45, 7) is 1.73. The van der Waals surface area contributed by atoms with E-state index >= 15 is 0 Å². The molecule has 1 fully saturated rings. The number of carbonyl (C=O) groups is 2. The number of nitrogens with zero attached hydrogens (tertiary/aromatic N) is 1. The summed E-state index contributed by atoms with van der Waals surface area (Å²) >= 11 is 0. The van der Waals surface area contributed by atoms with Crippen LogP contribution in [0.3, 0.4) is 0 Å². The predicted octanol–water partition coefficient (Wildman–Crippen LogP) is -0.0274. The Balaban J connectivity index is 2.28. The van der Waals surface area contributed by atoms with Gasteiger partial charge in [0.2, 0.25) is 5.91 Å². The molecule has 98 valence electrons. The zero-order valence-corrected chi connectivity index (χ0v) is 10.1. The van der Waals surface area contributed by atoms with Crippen LogP contribution in [-0.2, 0) is 19.1 Å². The van der Waals surface area contributed by atoms with E-state index in [1.54, 1.807) is 12.0 Å². The average molecular weight is 245 g/mol. The van der Waals surface area contributed by atoms with E-state index in [9.17, 15) is 9.59 Å². The highest BCUT2D eigenvalue weighted by Crippen LogP contribution is 2.16. The van der Waals surface area contributed by atoms with Gasteiger partial charge in [-0.3, -0.25) is 9.59 Å². The third-order valence-corrected chi connectivity index (χ3v) is 2.78. The molecule has 6 nitrogen and oxygen atoms in total. The molecular weight excluding hydrogens is 226 g/mol. The van der Waals surface area contributed by atoms with Crippen molar-refractivity contribution in [2.24, 2.45) is 5.92 Å². The fourth-order valence-electron chi connectivity index (χ4n) is 1.80. The maximum Gasteiger partial charge on any atom is 0.308 e. The fourth-order valence-corrected chi connectivity index (χ4v) is 1.80. The maximum absolute atomic E-state index is 11.7. The van der Waals surface area contributed by atoms with E-state index in [0.717, 1.165) is 6.42 Å². The first kappa shape index (κ1) is 13.9. The highest BCUT2D eigenvalue weighted by Gasteiger charge is 2.27. The van der Waals surface area contributed by atoms with Crippen LogP contribution in [0, 0.1) is 5.92 Å². The molecule has 6 heteroatoms. The first-order valence-corrected chi connectivity index (χ1v) is 5.72. The normalized spacial score (nSPS) is 20.3. The Morgan fingerprint density at radius 1 is 1.41 bits per heavy atom. The summed E-state index contributed by atoms with van der Waals surface area (Å²) in [5, 5.41) is 8.90. The van der Waals surface area contributed by atoms with Crippen molar-refractivity contribution in [3.8, 4) is 0 Å². The number of aliphatic carboxylic acids is 1. The van der Waals surface area contributed by atoms with Gasteiger partial charge in [0, 0.05) is 20.2 Å². The highest BCUT2D eigenvalue weighted by atomic mass is 16.5. The van der Waals surface area contributed by atoms with Gasteiger partial charge in [0.15, 0.2) is 0 Å². The summed E-state index contributed by atoms with van der Waals surface area (Å²) in [6, 6.07) is 0. The molecule has 1 aliphatic heterocycles. The summed E-state index contributed by atoms with van der Waals surface area (Å²) < 4.78 is 9.91. The minimum Gasteiger partial charge on any atom is -0.481 e. The summed E-state index contributed by atoms with van der Waals surface area (Å²) in [7, 11) is 1.56. The van der Waals surface area contributed by atoms with Crippen LogP contribution in [-0.4, -0.2) is 61.9 Å². The molecule has 1 unspecified atom stereocenters. The molecule has 0 radical (unpaired) electrons. The standard InChI is InChI=1S/C11H19NO5/c1-16-5-6-17-8-10(13)12-4-2-3-9(7-12)11(14)15/h9H,2-8H2,1H3,(H,14,15). The largest absolute Gasteiger partial charge is 0.481 e. The molecule has 1 N–H and O–H groups in total. The van der Waals surface area contributed by atoms with Crippen molar-refractivity contribution < 1.29 is 24.2 Å². The van der Waals surface area contributed by atoms with Gasteiger partial charge in [-0.05, 0) is 12.8 Å². The number of rotatable bonds is 6. The van der Waals surface area contributed by atoms with E-state index in [4.69, 9.17) is 14.6 Å². The molecular formula is C11H19NO5. The van der Waals surface area contributed by atoms with Crippen molar-refractivity contribution in [1.82, 2.24) is 4.90 Å². The Morgan fingerprint density at radius 2 is 2.18 bits per heavy atom. The quantitative estimate of drug-likeness (QED) is 0.665. The Labute approximate surface area is 100 Å². The second kappa shape index (κ2) is 7.24. The zero-order valence-electron chi connectivity index (χ0n) is 10.1. The van der Waals surface area contributed by atoms with Crippen molar-refractivity contribution in [3.05, 3.63) is 0 Å². The summed E-state index contributed by atoms with van der Waals surface area (Å²) in [5.74, 6) is -1.42. The Hall–Kier alpha value is -1.14. The minimum atomic E-state index is -0.831. The third kappa shape index (κ3) is 4.70. The molecule has 0 aromatic rings. The highest BCUT2D eigenvalue weighted by molar-refractivity contribution is 5.79. The van der Waals surface area contributed by atoms with Crippen LogP contribution >= 0.6 is 0 Å². The lowest BCUT2D eigenvalue weighted by molar-refractivity contribution is -0.147. The molecule has 0 saturated carbocycles. The average Bonchev–Trinajstić information content (AvgIpc) is 2.34. The first-order chi connectivity index (χ1) is 8.15. The molecule has 1 rings (SSSR count). The number of amides is 1. The van der Waals surface area contributed by atoms with E-state index in [0.29, 0.717) is 32.7 Å². The van der Waals surface area contributed by atoms with Gasteiger partial charge in [-0.25, -0.2) is 0 Å². The number of carboxylic acid groups (broad SMARTS) is 1. The summed E-state index contributed by atoms with van der Waals surface area (Å²) in [5.41, 5.74) is 0. The van der Waals surface area contributed by atoms with Crippen LogP contribution in [0.15, 0.2) is 0 Å². The van der Waals surface area contributed by atoms with Gasteiger partial charge in [0.05, 0.1) is 19.1 Å². The van der Waals surface area contributed by atoms with Gasteiger partial charge in [-0.1, -0.05) is 0 Å². The molecule has 0 spiro atoms. The Kier molecular flexibility index (Phi) is 5.93. The molecule has 0 aliphatic carbocycles. The van der Waals surface area contributed by atoms with E-state index in [1.807, 2.05) is 0 Å². The topological polar surface area (TPSA) is 76.1 Å². The molecule has 1 atom stereocenters. The lowest BCUT2D eigenvalue weighted by atomic mass is 9.98. The molecule has 1 aliphatic rings. The number of hydrogen-bond donors (Lipinski definition) is 1. The molecule has 0 aromatic carbocycles. The predicted molar refractivity (Wildman–Crippen MR) is 59.6 cm³/mol. The maximum atomic E-state index is 11.7. The molecule has 1 amide bonds. The lowest BCUT2D eigenvalue weighted by Crippen LogP contribution is -2.43. The van der Waals surface area contributed by atoms with Gasteiger partial charge in [-0.15, -0.1) is 0 Å². The SMILES string of the molecule is COCCOCC(=O)N1CCCC(C(=O)O)C1. The van der Waals surface area contributed by atoms with Crippen molar-refractivity contribution >= 4 is 11.9 Å². The van der Waals surface area contributed by atoms with Crippen molar-refractivity contribution in [2.45, 2.75) is 12.8 Å². The fraction of sp³-hybridized carbons (Fsp3) is 0.818. The van der Waals surface area contributed by atoms with Crippen molar-refractivity contribution in [2.75, 3.05) is 40.0 Å². The van der Waals surface area contributed by atoms with Crippen LogP contribution in [0.5, 0.6) is 0 Å². The number of likely N-dealkylation sites (tertiary alicyclic amines) is 1. The number of hydrogen-bond acceptors (Lipinski definition) is 4. The van der Waals surface area contributed by atoms with Crippen molar-refractivity contribution in [3.63, 3.8) is 0 Å². The van der Waals surface area contributed by atoms with Gasteiger partial charge in [0.25, 0.3) is 0 Å². The van der Waals surface area contributed by atoms with E-state index in [2.05, 4.69) is 0 Å². The van der Waals surface area contributed by atoms with Gasteiger partial charge in [0.1, 0.15) is 6.61 Å². The molecule has 0 bridgehead atoms. The van der Waals surface area contributed by atoms with Gasteiger partial charge < -0.3 is 19.5 Å². The molecule has 1 heterocycles. The summed E-state index contributed by atoms with van der Waals surface area (Å²) in [4.78, 5) is 24.1. The molecule has 1 saturated heterocycles. The van der Waals surface area contributed by atoms with Crippen LogP contribution in [0.25, 0.3) is 0 Å². The van der Waals surface area contributed by atoms with E-state index < -0.39 is 11.9 Å². The smallest absolute Gasteiger partial charge is 0.308 e. The third-order valence-electron chi connectivity index (χ3n) is 2.78. The Morgan fingerprint density at radius 3 is 2.82 bits per heavy atom. The Bertz CT molecular complexity index is 269. The van der Waals surface area contributed by atoms with Crippen molar-refractivity contribution in [1.29, 1.82) is 0 Å². The number of piperidine rings is 1. The van der Waals surface area contributed by atoms with E-state index in [-0.39, 0.29) is 12.5 Å². The molecule has 0 aromatic heterocycles. The van der Waals surface area contributed by atoms with Gasteiger partial charge in [-0.2, -0.15) is 0 Å². The van der Waals surface area contributed by atoms with Crippen LogP contribution in [0.1, 0.15) is 12.8 Å². The van der Waals surface area contributed by atoms with Crippen LogP contribution < -0.4 is 0 Å². The number of ether oxygens (including phenoxy) is 2. The first-order valence-electron chi connectivity index (χ1n) is 5.72. The minimum absolute atomic E-state index is 0.00427. The van der Waals surface area contributed by atoms with Crippen LogP contribution in [0.4, 0.5) is 0 Å².